The summed E-state index contributed by atoms with van der Waals surface area (Å²) in [5, 5.41) is 0. The summed E-state index contributed by atoms with van der Waals surface area (Å²) < 4.78 is 26.1. The van der Waals surface area contributed by atoms with Crippen LogP contribution in [0.15, 0.2) is 42.5 Å². The van der Waals surface area contributed by atoms with Crippen LogP contribution in [0.5, 0.6) is 0 Å². The van der Waals surface area contributed by atoms with E-state index in [1.165, 1.54) is 49.0 Å². The maximum Gasteiger partial charge on any atom is 0.160 e. The number of benzene rings is 2. The molecule has 0 N–H and O–H groups in total. The molecule has 25 heavy (non-hydrogen) atoms. The van der Waals surface area contributed by atoms with Gasteiger partial charge in [0.15, 0.2) is 11.6 Å². The highest BCUT2D eigenvalue weighted by Crippen LogP contribution is 2.34. The minimum absolute atomic E-state index is 0.0716. The van der Waals surface area contributed by atoms with Gasteiger partial charge in [-0.15, -0.1) is 0 Å². The molecule has 0 bridgehead atoms. The standard InChI is InChI=1S/C22H23F2Si/c1-2-13-25-14-11-20(12-15-25)19-8-5-17(6-9-19)3-4-18-7-10-21(23)22(24)16-18/h5-10,16,20H,2,11-15H2,1H3. The van der Waals surface area contributed by atoms with E-state index in [0.29, 0.717) is 11.5 Å². The van der Waals surface area contributed by atoms with Crippen molar-refractivity contribution in [3.8, 4) is 11.8 Å². The predicted octanol–water partition coefficient (Wildman–Crippen LogP) is 6.15. The van der Waals surface area contributed by atoms with Crippen molar-refractivity contribution >= 4 is 8.80 Å². The van der Waals surface area contributed by atoms with E-state index in [9.17, 15) is 8.78 Å². The molecule has 1 aliphatic rings. The number of rotatable bonds is 3. The molecule has 3 heteroatoms. The molecule has 2 aromatic rings. The molecular formula is C22H23F2Si. The van der Waals surface area contributed by atoms with E-state index in [1.54, 1.807) is 0 Å². The van der Waals surface area contributed by atoms with Crippen LogP contribution in [0.4, 0.5) is 8.78 Å². The monoisotopic (exact) mass is 353 g/mol. The molecule has 1 saturated heterocycles. The van der Waals surface area contributed by atoms with Crippen LogP contribution in [0.3, 0.4) is 0 Å². The number of hydrogen-bond acceptors (Lipinski definition) is 0. The average molecular weight is 354 g/mol. The zero-order valence-corrected chi connectivity index (χ0v) is 15.6. The highest BCUT2D eigenvalue weighted by Gasteiger charge is 2.22. The van der Waals surface area contributed by atoms with Crippen LogP contribution in [0, 0.1) is 23.5 Å². The van der Waals surface area contributed by atoms with Crippen LogP contribution in [0.2, 0.25) is 18.1 Å². The number of halogens is 2. The first-order chi connectivity index (χ1) is 12.2. The predicted molar refractivity (Wildman–Crippen MR) is 101 cm³/mol. The molecule has 1 radical (unpaired) electrons. The summed E-state index contributed by atoms with van der Waals surface area (Å²) >= 11 is 0. The third-order valence-corrected chi connectivity index (χ3v) is 8.15. The molecule has 0 saturated carbocycles. The Kier molecular flexibility index (Phi) is 6.04. The summed E-state index contributed by atoms with van der Waals surface area (Å²) in [6.45, 7) is 2.30. The lowest BCUT2D eigenvalue weighted by Crippen LogP contribution is -2.19. The van der Waals surface area contributed by atoms with Gasteiger partial charge in [0.05, 0.1) is 0 Å². The Morgan fingerprint density at radius 2 is 1.56 bits per heavy atom. The van der Waals surface area contributed by atoms with E-state index in [-0.39, 0.29) is 8.80 Å². The van der Waals surface area contributed by atoms with Gasteiger partial charge in [-0.1, -0.05) is 55.5 Å². The SMILES string of the molecule is CCC[Si]1CCC(c2ccc(C#Cc3ccc(F)c(F)c3)cc2)CC1. The molecule has 0 spiro atoms. The summed E-state index contributed by atoms with van der Waals surface area (Å²) in [6.07, 6.45) is 3.99. The van der Waals surface area contributed by atoms with E-state index in [2.05, 4.69) is 30.9 Å². The largest absolute Gasteiger partial charge is 0.204 e. The molecule has 0 unspecified atom stereocenters. The highest BCUT2D eigenvalue weighted by atomic mass is 28.3. The number of hydrogen-bond donors (Lipinski definition) is 0. The molecule has 1 fully saturated rings. The molecule has 0 amide bonds. The van der Waals surface area contributed by atoms with E-state index in [0.717, 1.165) is 17.7 Å². The van der Waals surface area contributed by atoms with Crippen molar-refractivity contribution in [3.05, 3.63) is 70.8 Å². The molecule has 0 aromatic heterocycles. The average Bonchev–Trinajstić information content (AvgIpc) is 2.64. The molecule has 2 aromatic carbocycles. The lowest BCUT2D eigenvalue weighted by molar-refractivity contribution is 0.508. The first-order valence-corrected chi connectivity index (χ1v) is 11.2. The maximum atomic E-state index is 13.2. The highest BCUT2D eigenvalue weighted by molar-refractivity contribution is 6.59. The van der Waals surface area contributed by atoms with E-state index in [1.807, 2.05) is 12.1 Å². The van der Waals surface area contributed by atoms with Gasteiger partial charge in [-0.05, 0) is 54.7 Å². The topological polar surface area (TPSA) is 0 Å². The van der Waals surface area contributed by atoms with Gasteiger partial charge in [0, 0.05) is 19.9 Å². The smallest absolute Gasteiger partial charge is 0.160 e. The first kappa shape index (κ1) is 17.9. The van der Waals surface area contributed by atoms with Gasteiger partial charge in [-0.2, -0.15) is 0 Å². The van der Waals surface area contributed by atoms with Crippen molar-refractivity contribution in [2.24, 2.45) is 0 Å². The summed E-state index contributed by atoms with van der Waals surface area (Å²) in [7, 11) is -0.0716. The summed E-state index contributed by atoms with van der Waals surface area (Å²) in [5.41, 5.74) is 2.80. The normalized spacial score (nSPS) is 15.6. The second kappa shape index (κ2) is 8.45. The quantitative estimate of drug-likeness (QED) is 0.459. The maximum absolute atomic E-state index is 13.2. The van der Waals surface area contributed by atoms with Gasteiger partial charge >= 0.3 is 0 Å². The van der Waals surface area contributed by atoms with Gasteiger partial charge < -0.3 is 0 Å². The van der Waals surface area contributed by atoms with Gasteiger partial charge in [-0.25, -0.2) is 8.78 Å². The molecule has 1 aliphatic heterocycles. The molecular weight excluding hydrogens is 330 g/mol. The van der Waals surface area contributed by atoms with Crippen LogP contribution in [0.1, 0.15) is 48.8 Å². The zero-order valence-electron chi connectivity index (χ0n) is 14.6. The van der Waals surface area contributed by atoms with Gasteiger partial charge in [0.2, 0.25) is 0 Å². The van der Waals surface area contributed by atoms with E-state index >= 15 is 0 Å². The van der Waals surface area contributed by atoms with E-state index in [4.69, 9.17) is 0 Å². The lowest BCUT2D eigenvalue weighted by atomic mass is 9.93. The fourth-order valence-electron chi connectivity index (χ4n) is 3.52. The van der Waals surface area contributed by atoms with Crippen molar-refractivity contribution in [3.63, 3.8) is 0 Å². The van der Waals surface area contributed by atoms with E-state index < -0.39 is 11.6 Å². The molecule has 1 heterocycles. The molecule has 3 rings (SSSR count). The van der Waals surface area contributed by atoms with Crippen molar-refractivity contribution in [2.45, 2.75) is 50.2 Å². The summed E-state index contributed by atoms with van der Waals surface area (Å²) in [5.74, 6) is 4.92. The minimum atomic E-state index is -0.858. The Balaban J connectivity index is 1.63. The Bertz CT molecular complexity index is 763. The van der Waals surface area contributed by atoms with Gasteiger partial charge in [-0.3, -0.25) is 0 Å². The van der Waals surface area contributed by atoms with Crippen LogP contribution < -0.4 is 0 Å². The minimum Gasteiger partial charge on any atom is -0.204 e. The molecule has 0 aliphatic carbocycles. The Hall–Kier alpha value is -1.92. The second-order valence-electron chi connectivity index (χ2n) is 6.78. The third-order valence-electron chi connectivity index (χ3n) is 4.95. The Morgan fingerprint density at radius 1 is 0.920 bits per heavy atom. The van der Waals surface area contributed by atoms with Crippen molar-refractivity contribution in [1.29, 1.82) is 0 Å². The molecule has 129 valence electrons. The van der Waals surface area contributed by atoms with Crippen molar-refractivity contribution in [1.82, 2.24) is 0 Å². The summed E-state index contributed by atoms with van der Waals surface area (Å²) in [4.78, 5) is 0. The summed E-state index contributed by atoms with van der Waals surface area (Å²) in [6, 6.07) is 16.5. The molecule has 0 atom stereocenters. The van der Waals surface area contributed by atoms with Gasteiger partial charge in [0.25, 0.3) is 0 Å². The fourth-order valence-corrected chi connectivity index (χ4v) is 6.49. The Morgan fingerprint density at radius 3 is 2.20 bits per heavy atom. The van der Waals surface area contributed by atoms with Crippen molar-refractivity contribution in [2.75, 3.05) is 0 Å². The molecule has 0 nitrogen and oxygen atoms in total. The first-order valence-electron chi connectivity index (χ1n) is 9.06. The van der Waals surface area contributed by atoms with Crippen molar-refractivity contribution < 1.29 is 8.78 Å². The van der Waals surface area contributed by atoms with Crippen LogP contribution in [-0.4, -0.2) is 8.80 Å². The Labute approximate surface area is 150 Å². The lowest BCUT2D eigenvalue weighted by Gasteiger charge is -2.27. The van der Waals surface area contributed by atoms with Gasteiger partial charge in [0.1, 0.15) is 0 Å². The van der Waals surface area contributed by atoms with Crippen LogP contribution in [0.25, 0.3) is 0 Å². The fraction of sp³-hybridized carbons (Fsp3) is 0.364. The zero-order chi connectivity index (χ0) is 17.6. The van der Waals surface area contributed by atoms with Crippen LogP contribution >= 0.6 is 0 Å². The second-order valence-corrected chi connectivity index (χ2v) is 9.78. The third kappa shape index (κ3) is 4.80. The van der Waals surface area contributed by atoms with Crippen LogP contribution in [-0.2, 0) is 0 Å².